The number of thiazole rings is 1. The number of hydrogen-bond acceptors (Lipinski definition) is 7. The molecule has 1 amide bonds. The summed E-state index contributed by atoms with van der Waals surface area (Å²) >= 11 is 1.30. The van der Waals surface area contributed by atoms with Crippen molar-refractivity contribution >= 4 is 22.4 Å². The van der Waals surface area contributed by atoms with Gasteiger partial charge in [0.25, 0.3) is 11.5 Å². The first kappa shape index (κ1) is 22.2. The molecule has 8 nitrogen and oxygen atoms in total. The lowest BCUT2D eigenvalue weighted by atomic mass is 10.1. The Bertz CT molecular complexity index is 1290. The third-order valence-electron chi connectivity index (χ3n) is 4.60. The van der Waals surface area contributed by atoms with Crippen molar-refractivity contribution in [2.24, 2.45) is 0 Å². The zero-order valence-corrected chi connectivity index (χ0v) is 18.7. The molecule has 4 aromatic rings. The van der Waals surface area contributed by atoms with Crippen LogP contribution in [0.5, 0.6) is 11.5 Å². The highest BCUT2D eigenvalue weighted by atomic mass is 32.1. The van der Waals surface area contributed by atoms with Gasteiger partial charge in [-0.1, -0.05) is 30.3 Å². The molecular formula is C24H22N4O4S. The molecule has 0 aliphatic heterocycles. The van der Waals surface area contributed by atoms with Gasteiger partial charge in [0.2, 0.25) is 0 Å². The van der Waals surface area contributed by atoms with Gasteiger partial charge in [0.1, 0.15) is 23.8 Å². The molecule has 168 valence electrons. The predicted molar refractivity (Wildman–Crippen MR) is 127 cm³/mol. The van der Waals surface area contributed by atoms with Gasteiger partial charge >= 0.3 is 0 Å². The number of anilines is 1. The summed E-state index contributed by atoms with van der Waals surface area (Å²) in [6.45, 7) is 2.92. The number of para-hydroxylation sites is 2. The van der Waals surface area contributed by atoms with Crippen molar-refractivity contribution in [3.63, 3.8) is 0 Å². The second kappa shape index (κ2) is 10.6. The van der Waals surface area contributed by atoms with Gasteiger partial charge in [-0.05, 0) is 37.3 Å². The Balaban J connectivity index is 1.43. The Morgan fingerprint density at radius 3 is 2.64 bits per heavy atom. The van der Waals surface area contributed by atoms with E-state index in [4.69, 9.17) is 9.47 Å². The van der Waals surface area contributed by atoms with Crippen LogP contribution in [0, 0.1) is 0 Å². The fourth-order valence-corrected chi connectivity index (χ4v) is 3.78. The van der Waals surface area contributed by atoms with Gasteiger partial charge < -0.3 is 9.47 Å². The standard InChI is InChI=1S/C24H22N4O4S/c1-2-31-21-11-7-6-10-18(21)20-16-33-24(25-20)26-23(30)19-12-13-22(29)28(27-19)14-15-32-17-8-4-3-5-9-17/h3-13,16H,2,14-15H2,1H3,(H,25,26,30). The molecule has 0 spiro atoms. The van der Waals surface area contributed by atoms with E-state index in [0.717, 1.165) is 11.3 Å². The molecule has 0 aliphatic rings. The second-order valence-corrected chi connectivity index (χ2v) is 7.72. The first-order valence-corrected chi connectivity index (χ1v) is 11.3. The van der Waals surface area contributed by atoms with E-state index in [0.29, 0.717) is 23.2 Å². The summed E-state index contributed by atoms with van der Waals surface area (Å²) in [4.78, 5) is 29.3. The van der Waals surface area contributed by atoms with Crippen molar-refractivity contribution in [1.82, 2.24) is 14.8 Å². The third-order valence-corrected chi connectivity index (χ3v) is 5.36. The third kappa shape index (κ3) is 5.64. The lowest BCUT2D eigenvalue weighted by Crippen LogP contribution is -2.28. The van der Waals surface area contributed by atoms with E-state index in [-0.39, 0.29) is 24.4 Å². The van der Waals surface area contributed by atoms with E-state index in [1.165, 1.54) is 28.2 Å². The van der Waals surface area contributed by atoms with Crippen LogP contribution in [-0.4, -0.2) is 33.9 Å². The Hall–Kier alpha value is -3.98. The minimum atomic E-state index is -0.452. The largest absolute Gasteiger partial charge is 0.493 e. The summed E-state index contributed by atoms with van der Waals surface area (Å²) < 4.78 is 12.5. The number of carbonyl (C=O) groups excluding carboxylic acids is 1. The fraction of sp³-hybridized carbons (Fsp3) is 0.167. The molecule has 33 heavy (non-hydrogen) atoms. The summed E-state index contributed by atoms with van der Waals surface area (Å²) in [5.41, 5.74) is 1.35. The smallest absolute Gasteiger partial charge is 0.277 e. The van der Waals surface area contributed by atoms with E-state index in [1.807, 2.05) is 66.9 Å². The fourth-order valence-electron chi connectivity index (χ4n) is 3.07. The lowest BCUT2D eigenvalue weighted by molar-refractivity contribution is 0.101. The summed E-state index contributed by atoms with van der Waals surface area (Å²) in [6, 6.07) is 19.6. The highest BCUT2D eigenvalue weighted by Crippen LogP contribution is 2.32. The first-order chi connectivity index (χ1) is 16.1. The zero-order chi connectivity index (χ0) is 23.0. The molecule has 0 radical (unpaired) electrons. The van der Waals surface area contributed by atoms with Crippen LogP contribution < -0.4 is 20.3 Å². The first-order valence-electron chi connectivity index (χ1n) is 10.4. The average molecular weight is 463 g/mol. The zero-order valence-electron chi connectivity index (χ0n) is 17.9. The van der Waals surface area contributed by atoms with E-state index < -0.39 is 5.91 Å². The number of benzene rings is 2. The van der Waals surface area contributed by atoms with Crippen LogP contribution in [0.1, 0.15) is 17.4 Å². The number of aromatic nitrogens is 3. The highest BCUT2D eigenvalue weighted by Gasteiger charge is 2.14. The topological polar surface area (TPSA) is 95.3 Å². The van der Waals surface area contributed by atoms with E-state index in [9.17, 15) is 9.59 Å². The van der Waals surface area contributed by atoms with Crippen LogP contribution in [0.15, 0.2) is 76.9 Å². The number of hydrogen-bond donors (Lipinski definition) is 1. The van der Waals surface area contributed by atoms with Crippen LogP contribution in [0.2, 0.25) is 0 Å². The van der Waals surface area contributed by atoms with Crippen molar-refractivity contribution in [3.8, 4) is 22.8 Å². The molecule has 2 aromatic heterocycles. The van der Waals surface area contributed by atoms with Crippen LogP contribution >= 0.6 is 11.3 Å². The van der Waals surface area contributed by atoms with Crippen molar-refractivity contribution in [3.05, 3.63) is 88.2 Å². The van der Waals surface area contributed by atoms with Crippen LogP contribution in [0.25, 0.3) is 11.3 Å². The highest BCUT2D eigenvalue weighted by molar-refractivity contribution is 7.14. The molecule has 4 rings (SSSR count). The average Bonchev–Trinajstić information content (AvgIpc) is 3.30. The molecule has 0 unspecified atom stereocenters. The van der Waals surface area contributed by atoms with Gasteiger partial charge in [-0.15, -0.1) is 11.3 Å². The van der Waals surface area contributed by atoms with Crippen molar-refractivity contribution in [2.45, 2.75) is 13.5 Å². The second-order valence-electron chi connectivity index (χ2n) is 6.86. The van der Waals surface area contributed by atoms with Crippen LogP contribution in [-0.2, 0) is 6.54 Å². The molecular weight excluding hydrogens is 440 g/mol. The van der Waals surface area contributed by atoms with Gasteiger partial charge in [-0.3, -0.25) is 14.9 Å². The van der Waals surface area contributed by atoms with Gasteiger partial charge in [0, 0.05) is 17.0 Å². The Morgan fingerprint density at radius 2 is 1.82 bits per heavy atom. The number of ether oxygens (including phenoxy) is 2. The number of amides is 1. The van der Waals surface area contributed by atoms with E-state index in [2.05, 4.69) is 15.4 Å². The molecule has 1 N–H and O–H groups in total. The maximum absolute atomic E-state index is 12.7. The number of nitrogens with one attached hydrogen (secondary N) is 1. The summed E-state index contributed by atoms with van der Waals surface area (Å²) in [5, 5.41) is 9.19. The maximum Gasteiger partial charge on any atom is 0.277 e. The molecule has 2 heterocycles. The molecule has 0 saturated heterocycles. The Kier molecular flexibility index (Phi) is 7.11. The van der Waals surface area contributed by atoms with E-state index in [1.54, 1.807) is 0 Å². The SMILES string of the molecule is CCOc1ccccc1-c1csc(NC(=O)c2ccc(=O)n(CCOc3ccccc3)n2)n1. The van der Waals surface area contributed by atoms with Crippen molar-refractivity contribution < 1.29 is 14.3 Å². The summed E-state index contributed by atoms with van der Waals surface area (Å²) in [6.07, 6.45) is 0. The lowest BCUT2D eigenvalue weighted by Gasteiger charge is -2.09. The quantitative estimate of drug-likeness (QED) is 0.402. The monoisotopic (exact) mass is 462 g/mol. The minimum absolute atomic E-state index is 0.112. The molecule has 0 fully saturated rings. The minimum Gasteiger partial charge on any atom is -0.493 e. The predicted octanol–water partition coefficient (Wildman–Crippen LogP) is 4.10. The van der Waals surface area contributed by atoms with Crippen LogP contribution in [0.4, 0.5) is 5.13 Å². The molecule has 9 heteroatoms. The van der Waals surface area contributed by atoms with Gasteiger partial charge in [0.05, 0.1) is 18.8 Å². The molecule has 2 aromatic carbocycles. The van der Waals surface area contributed by atoms with Crippen molar-refractivity contribution in [1.29, 1.82) is 0 Å². The Morgan fingerprint density at radius 1 is 1.03 bits per heavy atom. The number of nitrogens with zero attached hydrogens (tertiary/aromatic N) is 3. The van der Waals surface area contributed by atoms with Crippen molar-refractivity contribution in [2.75, 3.05) is 18.5 Å². The molecule has 0 bridgehead atoms. The van der Waals surface area contributed by atoms with Gasteiger partial charge in [-0.25, -0.2) is 9.67 Å². The molecule has 0 saturated carbocycles. The summed E-state index contributed by atoms with van der Waals surface area (Å²) in [7, 11) is 0. The number of rotatable bonds is 9. The van der Waals surface area contributed by atoms with Gasteiger partial charge in [-0.2, -0.15) is 5.10 Å². The molecule has 0 aliphatic carbocycles. The summed E-state index contributed by atoms with van der Waals surface area (Å²) in [5.74, 6) is 0.978. The molecule has 0 atom stereocenters. The Labute approximate surface area is 194 Å². The van der Waals surface area contributed by atoms with Gasteiger partial charge in [0.15, 0.2) is 5.13 Å². The maximum atomic E-state index is 12.7. The van der Waals surface area contributed by atoms with E-state index >= 15 is 0 Å². The van der Waals surface area contributed by atoms with Crippen LogP contribution in [0.3, 0.4) is 0 Å². The normalized spacial score (nSPS) is 10.6. The number of carbonyl (C=O) groups is 1.